The SMILES string of the molecule is COc1cnc(OC(F)(F)F)c(S(=O)(=O)Cl)c1I. The summed E-state index contributed by atoms with van der Waals surface area (Å²) in [5, 5.41) is 0. The van der Waals surface area contributed by atoms with Crippen molar-refractivity contribution < 1.29 is 31.1 Å². The molecule has 0 aliphatic heterocycles. The van der Waals surface area contributed by atoms with E-state index in [-0.39, 0.29) is 9.32 Å². The first kappa shape index (κ1) is 15.6. The molecule has 1 rings (SSSR count). The number of halogens is 5. The van der Waals surface area contributed by atoms with E-state index in [1.54, 1.807) is 0 Å². The summed E-state index contributed by atoms with van der Waals surface area (Å²) in [6, 6.07) is 0. The Morgan fingerprint density at radius 2 is 2.00 bits per heavy atom. The zero-order valence-electron chi connectivity index (χ0n) is 8.46. The van der Waals surface area contributed by atoms with Crippen LogP contribution in [0.3, 0.4) is 0 Å². The third-order valence-electron chi connectivity index (χ3n) is 1.59. The highest BCUT2D eigenvalue weighted by atomic mass is 127. The van der Waals surface area contributed by atoms with E-state index in [0.717, 1.165) is 6.20 Å². The van der Waals surface area contributed by atoms with Crippen molar-refractivity contribution in [3.63, 3.8) is 0 Å². The normalized spacial score (nSPS) is 12.3. The number of hydrogen-bond donors (Lipinski definition) is 0. The van der Waals surface area contributed by atoms with Gasteiger partial charge in [-0.15, -0.1) is 13.2 Å². The smallest absolute Gasteiger partial charge is 0.494 e. The van der Waals surface area contributed by atoms with Crippen LogP contribution in [0.4, 0.5) is 13.2 Å². The molecule has 0 unspecified atom stereocenters. The highest BCUT2D eigenvalue weighted by Gasteiger charge is 2.36. The van der Waals surface area contributed by atoms with E-state index in [0.29, 0.717) is 0 Å². The summed E-state index contributed by atoms with van der Waals surface area (Å²) in [5.74, 6) is -1.19. The highest BCUT2D eigenvalue weighted by Crippen LogP contribution is 2.37. The van der Waals surface area contributed by atoms with Gasteiger partial charge in [0, 0.05) is 10.7 Å². The van der Waals surface area contributed by atoms with Gasteiger partial charge in [-0.2, -0.15) is 0 Å². The average molecular weight is 418 g/mol. The fourth-order valence-electron chi connectivity index (χ4n) is 0.974. The lowest BCUT2D eigenvalue weighted by Gasteiger charge is -2.13. The molecule has 1 aromatic heterocycles. The molecule has 0 saturated heterocycles. The minimum Gasteiger partial charge on any atom is -0.494 e. The van der Waals surface area contributed by atoms with E-state index in [1.165, 1.54) is 29.7 Å². The molecule has 1 heterocycles. The maximum absolute atomic E-state index is 12.1. The van der Waals surface area contributed by atoms with Crippen LogP contribution in [0.5, 0.6) is 11.6 Å². The molecule has 5 nitrogen and oxygen atoms in total. The van der Waals surface area contributed by atoms with Gasteiger partial charge < -0.3 is 9.47 Å². The Morgan fingerprint density at radius 1 is 1.44 bits per heavy atom. The Balaban J connectivity index is 3.50. The summed E-state index contributed by atoms with van der Waals surface area (Å²) in [6.45, 7) is 0. The van der Waals surface area contributed by atoms with Gasteiger partial charge in [0.05, 0.1) is 16.9 Å². The number of rotatable bonds is 3. The molecular weight excluding hydrogens is 413 g/mol. The molecule has 0 saturated carbocycles. The maximum atomic E-state index is 12.1. The Hall–Kier alpha value is -0.490. The van der Waals surface area contributed by atoms with Crippen molar-refractivity contribution in [1.29, 1.82) is 0 Å². The van der Waals surface area contributed by atoms with Crippen molar-refractivity contribution in [1.82, 2.24) is 4.98 Å². The first-order chi connectivity index (χ1) is 8.06. The summed E-state index contributed by atoms with van der Waals surface area (Å²) in [4.78, 5) is 2.34. The van der Waals surface area contributed by atoms with Crippen LogP contribution in [0.15, 0.2) is 11.1 Å². The molecule has 1 aromatic rings. The number of nitrogens with zero attached hydrogens (tertiary/aromatic N) is 1. The first-order valence-corrected chi connectivity index (χ1v) is 7.38. The average Bonchev–Trinajstić information content (AvgIpc) is 2.13. The quantitative estimate of drug-likeness (QED) is 0.559. The standard InChI is InChI=1S/C7H4ClF3INO4S/c1-16-3-2-13-6(17-7(9,10)11)5(4(3)12)18(8,14)15/h2H,1H3. The molecule has 0 amide bonds. The van der Waals surface area contributed by atoms with E-state index >= 15 is 0 Å². The van der Waals surface area contributed by atoms with Gasteiger partial charge in [-0.25, -0.2) is 13.4 Å². The number of ether oxygens (including phenoxy) is 2. The largest absolute Gasteiger partial charge is 0.574 e. The summed E-state index contributed by atoms with van der Waals surface area (Å²) in [5.41, 5.74) is 0. The Labute approximate surface area is 118 Å². The number of aromatic nitrogens is 1. The van der Waals surface area contributed by atoms with Crippen LogP contribution in [-0.4, -0.2) is 26.9 Å². The van der Waals surface area contributed by atoms with Crippen LogP contribution < -0.4 is 9.47 Å². The lowest BCUT2D eigenvalue weighted by atomic mass is 10.4. The van der Waals surface area contributed by atoms with Crippen molar-refractivity contribution >= 4 is 42.3 Å². The number of pyridine rings is 1. The molecule has 11 heteroatoms. The van der Waals surface area contributed by atoms with Crippen molar-refractivity contribution in [2.24, 2.45) is 0 Å². The summed E-state index contributed by atoms with van der Waals surface area (Å²) in [7, 11) is 1.78. The Kier molecular flexibility index (Phi) is 4.54. The summed E-state index contributed by atoms with van der Waals surface area (Å²) < 4.78 is 66.8. The summed E-state index contributed by atoms with van der Waals surface area (Å²) in [6.07, 6.45) is -4.19. The zero-order chi connectivity index (χ0) is 14.1. The number of hydrogen-bond acceptors (Lipinski definition) is 5. The molecule has 0 aliphatic carbocycles. The Bertz CT molecular complexity index is 563. The lowest BCUT2D eigenvalue weighted by molar-refractivity contribution is -0.277. The topological polar surface area (TPSA) is 65.5 Å². The van der Waals surface area contributed by atoms with Crippen LogP contribution in [0.25, 0.3) is 0 Å². The van der Waals surface area contributed by atoms with E-state index in [4.69, 9.17) is 15.4 Å². The molecule has 0 bridgehead atoms. The Morgan fingerprint density at radius 3 is 2.39 bits per heavy atom. The van der Waals surface area contributed by atoms with Gasteiger partial charge in [-0.05, 0) is 22.6 Å². The van der Waals surface area contributed by atoms with Crippen molar-refractivity contribution in [2.75, 3.05) is 7.11 Å². The molecule has 0 N–H and O–H groups in total. The molecular formula is C7H4ClF3INO4S. The molecule has 102 valence electrons. The zero-order valence-corrected chi connectivity index (χ0v) is 12.2. The van der Waals surface area contributed by atoms with Gasteiger partial charge in [0.25, 0.3) is 9.05 Å². The predicted octanol–water partition coefficient (Wildman–Crippen LogP) is 2.52. The van der Waals surface area contributed by atoms with Gasteiger partial charge >= 0.3 is 6.36 Å². The van der Waals surface area contributed by atoms with Gasteiger partial charge in [0.2, 0.25) is 5.88 Å². The second kappa shape index (κ2) is 5.25. The monoisotopic (exact) mass is 417 g/mol. The van der Waals surface area contributed by atoms with Gasteiger partial charge in [0.1, 0.15) is 0 Å². The van der Waals surface area contributed by atoms with Crippen LogP contribution >= 0.6 is 33.3 Å². The lowest BCUT2D eigenvalue weighted by Crippen LogP contribution is -2.20. The van der Waals surface area contributed by atoms with Crippen LogP contribution in [0, 0.1) is 3.57 Å². The second-order valence-corrected chi connectivity index (χ2v) is 6.34. The van der Waals surface area contributed by atoms with E-state index in [2.05, 4.69) is 9.72 Å². The molecule has 18 heavy (non-hydrogen) atoms. The number of methoxy groups -OCH3 is 1. The maximum Gasteiger partial charge on any atom is 0.574 e. The first-order valence-electron chi connectivity index (χ1n) is 3.99. The van der Waals surface area contributed by atoms with Gasteiger partial charge in [-0.1, -0.05) is 0 Å². The third kappa shape index (κ3) is 3.75. The van der Waals surface area contributed by atoms with E-state index in [1.807, 2.05) is 0 Å². The third-order valence-corrected chi connectivity index (χ3v) is 4.35. The molecule has 0 atom stereocenters. The van der Waals surface area contributed by atoms with Crippen molar-refractivity contribution in [3.8, 4) is 11.6 Å². The summed E-state index contributed by atoms with van der Waals surface area (Å²) >= 11 is 1.47. The van der Waals surface area contributed by atoms with Gasteiger partial charge in [0.15, 0.2) is 10.6 Å². The van der Waals surface area contributed by atoms with Gasteiger partial charge in [-0.3, -0.25) is 0 Å². The molecule has 0 radical (unpaired) electrons. The van der Waals surface area contributed by atoms with Crippen LogP contribution in [-0.2, 0) is 9.05 Å². The molecule has 0 aromatic carbocycles. The fraction of sp³-hybridized carbons (Fsp3) is 0.286. The van der Waals surface area contributed by atoms with Crippen molar-refractivity contribution in [2.45, 2.75) is 11.3 Å². The van der Waals surface area contributed by atoms with Crippen molar-refractivity contribution in [3.05, 3.63) is 9.77 Å². The highest BCUT2D eigenvalue weighted by molar-refractivity contribution is 14.1. The molecule has 0 fully saturated rings. The molecule has 0 spiro atoms. The predicted molar refractivity (Wildman–Crippen MR) is 63.2 cm³/mol. The fourth-order valence-corrected chi connectivity index (χ4v) is 3.87. The minimum atomic E-state index is -5.08. The van der Waals surface area contributed by atoms with Crippen LogP contribution in [0.1, 0.15) is 0 Å². The van der Waals surface area contributed by atoms with E-state index < -0.39 is 26.2 Å². The minimum absolute atomic E-state index is 0.0376. The number of alkyl halides is 3. The van der Waals surface area contributed by atoms with E-state index in [9.17, 15) is 21.6 Å². The second-order valence-electron chi connectivity index (χ2n) is 2.76. The van der Waals surface area contributed by atoms with Crippen LogP contribution in [0.2, 0.25) is 0 Å². The molecule has 0 aliphatic rings.